The van der Waals surface area contributed by atoms with E-state index in [1.807, 2.05) is 41.3 Å². The molecule has 5 amide bonds. The molecule has 0 radical (unpaired) electrons. The molecule has 5 fully saturated rings. The van der Waals surface area contributed by atoms with Gasteiger partial charge in [0.25, 0.3) is 17.7 Å². The smallest absolute Gasteiger partial charge is 0.262 e. The zero-order valence-corrected chi connectivity index (χ0v) is 33.0. The molecule has 2 saturated heterocycles. The summed E-state index contributed by atoms with van der Waals surface area (Å²) in [6.45, 7) is 3.80. The van der Waals surface area contributed by atoms with Gasteiger partial charge in [-0.15, -0.1) is 0 Å². The number of piperidine rings is 2. The largest absolute Gasteiger partial charge is 0.490 e. The number of nitriles is 1. The van der Waals surface area contributed by atoms with Gasteiger partial charge in [-0.2, -0.15) is 5.26 Å². The molecule has 296 valence electrons. The van der Waals surface area contributed by atoms with E-state index in [0.29, 0.717) is 59.0 Å². The van der Waals surface area contributed by atoms with Crippen LogP contribution in [0, 0.1) is 34.0 Å². The molecule has 3 saturated carbocycles. The monoisotopic (exact) mass is 797 g/mol. The maximum atomic E-state index is 13.5. The fourth-order valence-corrected chi connectivity index (χ4v) is 10.2. The van der Waals surface area contributed by atoms with Crippen LogP contribution in [0.3, 0.4) is 0 Å². The molecule has 4 heterocycles. The minimum absolute atomic E-state index is 0.00925. The number of ether oxygens (including phenoxy) is 1. The molecule has 0 aromatic heterocycles. The van der Waals surface area contributed by atoms with Crippen molar-refractivity contribution >= 4 is 41.1 Å². The summed E-state index contributed by atoms with van der Waals surface area (Å²) in [7, 11) is 0. The van der Waals surface area contributed by atoms with E-state index in [4.69, 9.17) is 21.6 Å². The Balaban J connectivity index is 0.769. The second kappa shape index (κ2) is 15.0. The third-order valence-corrected chi connectivity index (χ3v) is 13.8. The Bertz CT molecular complexity index is 2330. The minimum Gasteiger partial charge on any atom is -0.490 e. The van der Waals surface area contributed by atoms with Gasteiger partial charge in [-0.25, -0.2) is 0 Å². The average Bonchev–Trinajstić information content (AvgIpc) is 3.47. The van der Waals surface area contributed by atoms with Gasteiger partial charge >= 0.3 is 0 Å². The summed E-state index contributed by atoms with van der Waals surface area (Å²) in [6.07, 6.45) is 9.02. The normalized spacial score (nSPS) is 25.7. The lowest BCUT2D eigenvalue weighted by Crippen LogP contribution is -2.54. The molecule has 2 bridgehead atoms. The van der Waals surface area contributed by atoms with Crippen LogP contribution >= 0.6 is 11.6 Å². The van der Waals surface area contributed by atoms with Crippen LogP contribution in [0.25, 0.3) is 0 Å². The number of likely N-dealkylation sites (tertiary alicyclic amines) is 1. The Morgan fingerprint density at radius 1 is 0.845 bits per heavy atom. The standard InChI is InChI=1S/C46H44ClN5O6/c47-38-25-35(6-5-32(38)26-48)58-34-11-21-51(22-12-34)42(55)30-3-1-29(2-4-30)9-13-45-14-17-46(18-15-45,19-16-45)28-50-20-10-31-23-36-37(24-33(31)27-50)44(57)52(43(36)56)39-7-8-40(53)49-41(39)54/h1-6,23-25,34,39H,7-8,10-12,14-22,27-28H2,(H,49,53,54). The summed E-state index contributed by atoms with van der Waals surface area (Å²) in [5, 5.41) is 11.7. The number of carbonyl (C=O) groups excluding carboxylic acids is 5. The number of nitrogens with zero attached hydrogens (tertiary/aromatic N) is 4. The number of amides is 5. The van der Waals surface area contributed by atoms with Crippen LogP contribution in [0.15, 0.2) is 54.6 Å². The number of hydrogen-bond acceptors (Lipinski definition) is 8. The van der Waals surface area contributed by atoms with Gasteiger partial charge in [-0.3, -0.25) is 39.1 Å². The maximum Gasteiger partial charge on any atom is 0.262 e. The van der Waals surface area contributed by atoms with Crippen LogP contribution in [0.4, 0.5) is 0 Å². The highest BCUT2D eigenvalue weighted by Gasteiger charge is 2.49. The minimum atomic E-state index is -0.963. The Morgan fingerprint density at radius 2 is 1.53 bits per heavy atom. The molecule has 3 aromatic rings. The van der Waals surface area contributed by atoms with Gasteiger partial charge < -0.3 is 9.64 Å². The molecule has 1 unspecified atom stereocenters. The first-order chi connectivity index (χ1) is 28.0. The molecule has 4 aliphatic heterocycles. The van der Waals surface area contributed by atoms with Crippen molar-refractivity contribution in [2.24, 2.45) is 10.8 Å². The van der Waals surface area contributed by atoms with Crippen molar-refractivity contribution in [3.05, 3.63) is 98.6 Å². The maximum absolute atomic E-state index is 13.5. The Labute approximate surface area is 342 Å². The number of carbonyl (C=O) groups is 5. The molecular formula is C46H44ClN5O6. The van der Waals surface area contributed by atoms with Gasteiger partial charge in [0.15, 0.2) is 0 Å². The molecule has 0 spiro atoms. The predicted octanol–water partition coefficient (Wildman–Crippen LogP) is 6.05. The number of rotatable bonds is 6. The Hall–Kier alpha value is -5.49. The van der Waals surface area contributed by atoms with E-state index in [2.05, 4.69) is 28.1 Å². The van der Waals surface area contributed by atoms with Gasteiger partial charge in [-0.05, 0) is 116 Å². The molecule has 3 aromatic carbocycles. The molecule has 1 atom stereocenters. The van der Waals surface area contributed by atoms with Crippen molar-refractivity contribution in [1.82, 2.24) is 20.0 Å². The van der Waals surface area contributed by atoms with Gasteiger partial charge in [0.2, 0.25) is 11.8 Å². The molecule has 7 aliphatic rings. The molecule has 58 heavy (non-hydrogen) atoms. The van der Waals surface area contributed by atoms with Crippen molar-refractivity contribution in [2.45, 2.75) is 89.3 Å². The lowest BCUT2D eigenvalue weighted by molar-refractivity contribution is -0.136. The number of halogens is 1. The third kappa shape index (κ3) is 7.16. The highest BCUT2D eigenvalue weighted by molar-refractivity contribution is 6.31. The van der Waals surface area contributed by atoms with Crippen molar-refractivity contribution < 1.29 is 28.7 Å². The molecule has 11 nitrogen and oxygen atoms in total. The zero-order valence-electron chi connectivity index (χ0n) is 32.3. The van der Waals surface area contributed by atoms with E-state index in [1.165, 1.54) is 0 Å². The zero-order chi connectivity index (χ0) is 40.2. The van der Waals surface area contributed by atoms with E-state index in [9.17, 15) is 24.0 Å². The Kier molecular flexibility index (Phi) is 9.86. The number of nitrogens with one attached hydrogen (secondary N) is 1. The van der Waals surface area contributed by atoms with Gasteiger partial charge in [0.1, 0.15) is 24.0 Å². The van der Waals surface area contributed by atoms with Crippen molar-refractivity contribution in [1.29, 1.82) is 5.26 Å². The van der Waals surface area contributed by atoms with Gasteiger partial charge in [0.05, 0.1) is 21.7 Å². The SMILES string of the molecule is N#Cc1ccc(OC2CCN(C(=O)c3ccc(C#CC45CCC(CN6CCc7cc8c(cc7C6)C(=O)N(C6CCC(=O)NC6=O)C8=O)(CC4)CC5)cc3)CC2)cc1Cl. The van der Waals surface area contributed by atoms with Crippen LogP contribution in [0.5, 0.6) is 5.75 Å². The lowest BCUT2D eigenvalue weighted by atomic mass is 9.54. The Morgan fingerprint density at radius 3 is 2.19 bits per heavy atom. The van der Waals surface area contributed by atoms with Crippen LogP contribution < -0.4 is 10.1 Å². The van der Waals surface area contributed by atoms with Crippen molar-refractivity contribution in [2.75, 3.05) is 26.2 Å². The van der Waals surface area contributed by atoms with Crippen LogP contribution in [-0.2, 0) is 22.6 Å². The third-order valence-electron chi connectivity index (χ3n) is 13.5. The first kappa shape index (κ1) is 38.1. The van der Waals surface area contributed by atoms with Crippen LogP contribution in [0.1, 0.15) is 118 Å². The summed E-state index contributed by atoms with van der Waals surface area (Å²) >= 11 is 6.16. The van der Waals surface area contributed by atoms with E-state index in [0.717, 1.165) is 86.2 Å². The van der Waals surface area contributed by atoms with E-state index in [1.54, 1.807) is 18.2 Å². The summed E-state index contributed by atoms with van der Waals surface area (Å²) in [5.41, 5.74) is 5.09. The topological polar surface area (TPSA) is 140 Å². The van der Waals surface area contributed by atoms with Gasteiger partial charge in [0, 0.05) is 74.6 Å². The highest BCUT2D eigenvalue weighted by Crippen LogP contribution is 2.57. The molecule has 10 rings (SSSR count). The number of hydrogen-bond donors (Lipinski definition) is 1. The number of fused-ring (bicyclic) bond motifs is 5. The van der Waals surface area contributed by atoms with Crippen molar-refractivity contribution in [3.63, 3.8) is 0 Å². The number of benzene rings is 3. The molecule has 12 heteroatoms. The van der Waals surface area contributed by atoms with E-state index in [-0.39, 0.29) is 41.6 Å². The molecule has 1 N–H and O–H groups in total. The first-order valence-electron chi connectivity index (χ1n) is 20.4. The average molecular weight is 798 g/mol. The molecule has 3 aliphatic carbocycles. The fraction of sp³-hybridized carbons (Fsp3) is 0.435. The van der Waals surface area contributed by atoms with E-state index < -0.39 is 23.8 Å². The first-order valence-corrected chi connectivity index (χ1v) is 20.8. The van der Waals surface area contributed by atoms with Crippen molar-refractivity contribution in [3.8, 4) is 23.7 Å². The van der Waals surface area contributed by atoms with Crippen LogP contribution in [-0.4, -0.2) is 82.6 Å². The predicted molar refractivity (Wildman–Crippen MR) is 214 cm³/mol. The van der Waals surface area contributed by atoms with Gasteiger partial charge in [-0.1, -0.05) is 23.4 Å². The summed E-state index contributed by atoms with van der Waals surface area (Å²) < 4.78 is 6.09. The quantitative estimate of drug-likeness (QED) is 0.235. The summed E-state index contributed by atoms with van der Waals surface area (Å²) in [4.78, 5) is 69.8. The second-order valence-corrected chi connectivity index (χ2v) is 17.5. The highest BCUT2D eigenvalue weighted by atomic mass is 35.5. The van der Waals surface area contributed by atoms with E-state index >= 15 is 0 Å². The number of imide groups is 2. The lowest BCUT2D eigenvalue weighted by Gasteiger charge is -2.53. The second-order valence-electron chi connectivity index (χ2n) is 17.0. The summed E-state index contributed by atoms with van der Waals surface area (Å²) in [6, 6.07) is 17.6. The summed E-state index contributed by atoms with van der Waals surface area (Å²) in [5.74, 6) is 5.89. The van der Waals surface area contributed by atoms with Crippen LogP contribution in [0.2, 0.25) is 5.02 Å². The fourth-order valence-electron chi connectivity index (χ4n) is 9.99. The molecular weight excluding hydrogens is 754 g/mol.